The van der Waals surface area contributed by atoms with Crippen LogP contribution in [0.1, 0.15) is 19.3 Å². The Morgan fingerprint density at radius 1 is 0.967 bits per heavy atom. The van der Waals surface area contributed by atoms with Crippen LogP contribution in [0.4, 0.5) is 0 Å². The van der Waals surface area contributed by atoms with Gasteiger partial charge in [0.15, 0.2) is 0 Å². The zero-order valence-electron chi connectivity index (χ0n) is 16.9. The summed E-state index contributed by atoms with van der Waals surface area (Å²) in [5, 5.41) is 0.538. The molecule has 3 heterocycles. The average molecular weight is 476 g/mol. The summed E-state index contributed by atoms with van der Waals surface area (Å²) in [7, 11) is 0. The number of hydrogen-bond acceptors (Lipinski definition) is 5. The quantitative estimate of drug-likeness (QED) is 0.651. The van der Waals surface area contributed by atoms with E-state index in [9.17, 15) is 14.4 Å². The highest BCUT2D eigenvalue weighted by Gasteiger charge is 2.25. The van der Waals surface area contributed by atoms with Crippen molar-refractivity contribution in [2.75, 3.05) is 45.8 Å². The third kappa shape index (κ3) is 4.73. The molecule has 0 N–H and O–H groups in total. The molecular weight excluding hydrogens is 450 g/mol. The molecule has 8 nitrogen and oxygen atoms in total. The van der Waals surface area contributed by atoms with E-state index in [1.165, 1.54) is 10.9 Å². The molecule has 0 radical (unpaired) electrons. The van der Waals surface area contributed by atoms with Crippen LogP contribution in [0, 0.1) is 0 Å². The first kappa shape index (κ1) is 21.0. The highest BCUT2D eigenvalue weighted by molar-refractivity contribution is 9.10. The standard InChI is InChI=1S/C21H26BrN5O3/c22-16-3-4-18-17(13-16)21(30)27(15-23-18)8-5-19(28)26-11-9-24(10-12-26)14-20(29)25-6-1-2-7-25/h3-4,13,15H,1-2,5-12,14H2. The summed E-state index contributed by atoms with van der Waals surface area (Å²) in [5.74, 6) is 0.226. The first-order valence-corrected chi connectivity index (χ1v) is 11.2. The van der Waals surface area contributed by atoms with E-state index >= 15 is 0 Å². The van der Waals surface area contributed by atoms with Gasteiger partial charge in [0.2, 0.25) is 11.8 Å². The van der Waals surface area contributed by atoms with Gasteiger partial charge in [-0.3, -0.25) is 23.9 Å². The summed E-state index contributed by atoms with van der Waals surface area (Å²) < 4.78 is 2.32. The number of aryl methyl sites for hydroxylation is 1. The van der Waals surface area contributed by atoms with Gasteiger partial charge in [-0.2, -0.15) is 0 Å². The molecule has 1 aromatic heterocycles. The second-order valence-corrected chi connectivity index (χ2v) is 8.82. The summed E-state index contributed by atoms with van der Waals surface area (Å²) in [6.45, 7) is 5.13. The summed E-state index contributed by atoms with van der Waals surface area (Å²) >= 11 is 3.38. The van der Waals surface area contributed by atoms with Crippen LogP contribution in [0.15, 0.2) is 33.8 Å². The van der Waals surface area contributed by atoms with Gasteiger partial charge in [0.1, 0.15) is 0 Å². The van der Waals surface area contributed by atoms with Crippen LogP contribution < -0.4 is 5.56 Å². The van der Waals surface area contributed by atoms with Crippen molar-refractivity contribution in [3.8, 4) is 0 Å². The van der Waals surface area contributed by atoms with E-state index in [0.29, 0.717) is 50.2 Å². The third-order valence-electron chi connectivity index (χ3n) is 5.90. The van der Waals surface area contributed by atoms with Gasteiger partial charge in [0.25, 0.3) is 5.56 Å². The molecule has 0 saturated carbocycles. The van der Waals surface area contributed by atoms with Gasteiger partial charge < -0.3 is 9.80 Å². The van der Waals surface area contributed by atoms with Gasteiger partial charge in [-0.15, -0.1) is 0 Å². The van der Waals surface area contributed by atoms with Crippen LogP contribution in [-0.2, 0) is 16.1 Å². The number of piperazine rings is 1. The van der Waals surface area contributed by atoms with E-state index in [2.05, 4.69) is 25.8 Å². The molecular formula is C21H26BrN5O3. The zero-order chi connectivity index (χ0) is 21.1. The largest absolute Gasteiger partial charge is 0.342 e. The highest BCUT2D eigenvalue weighted by Crippen LogP contribution is 2.15. The molecule has 9 heteroatoms. The molecule has 4 rings (SSSR count). The molecule has 0 bridgehead atoms. The number of halogens is 1. The molecule has 2 aromatic rings. The highest BCUT2D eigenvalue weighted by atomic mass is 79.9. The maximum absolute atomic E-state index is 12.7. The van der Waals surface area contributed by atoms with Crippen LogP contribution in [0.3, 0.4) is 0 Å². The molecule has 0 unspecified atom stereocenters. The Bertz CT molecular complexity index is 994. The second-order valence-electron chi connectivity index (χ2n) is 7.90. The molecule has 0 aliphatic carbocycles. The Kier molecular flexibility index (Phi) is 6.48. The number of nitrogens with zero attached hydrogens (tertiary/aromatic N) is 5. The van der Waals surface area contributed by atoms with E-state index in [4.69, 9.17) is 0 Å². The van der Waals surface area contributed by atoms with Crippen LogP contribution in [0.25, 0.3) is 10.9 Å². The smallest absolute Gasteiger partial charge is 0.261 e. The van der Waals surface area contributed by atoms with Crippen molar-refractivity contribution in [3.05, 3.63) is 39.4 Å². The topological polar surface area (TPSA) is 78.8 Å². The minimum Gasteiger partial charge on any atom is -0.342 e. The molecule has 160 valence electrons. The lowest BCUT2D eigenvalue weighted by atomic mass is 10.2. The number of fused-ring (bicyclic) bond motifs is 1. The van der Waals surface area contributed by atoms with Gasteiger partial charge in [-0.25, -0.2) is 4.98 Å². The molecule has 2 aliphatic rings. The molecule has 2 fully saturated rings. The molecule has 2 amide bonds. The Balaban J connectivity index is 1.28. The maximum atomic E-state index is 12.7. The number of carbonyl (C=O) groups excluding carboxylic acids is 2. The Morgan fingerprint density at radius 3 is 2.40 bits per heavy atom. The minimum absolute atomic E-state index is 0.0294. The van der Waals surface area contributed by atoms with Crippen molar-refractivity contribution >= 4 is 38.6 Å². The number of rotatable bonds is 5. The fraction of sp³-hybridized carbons (Fsp3) is 0.524. The number of benzene rings is 1. The van der Waals surface area contributed by atoms with Gasteiger partial charge >= 0.3 is 0 Å². The van der Waals surface area contributed by atoms with E-state index in [-0.39, 0.29) is 23.8 Å². The Hall–Kier alpha value is -2.26. The monoisotopic (exact) mass is 475 g/mol. The van der Waals surface area contributed by atoms with Crippen molar-refractivity contribution in [2.24, 2.45) is 0 Å². The van der Waals surface area contributed by atoms with Crippen molar-refractivity contribution < 1.29 is 9.59 Å². The lowest BCUT2D eigenvalue weighted by Gasteiger charge is -2.35. The van der Waals surface area contributed by atoms with E-state index in [1.54, 1.807) is 12.1 Å². The Morgan fingerprint density at radius 2 is 1.67 bits per heavy atom. The van der Waals surface area contributed by atoms with Gasteiger partial charge in [0, 0.05) is 56.7 Å². The first-order chi connectivity index (χ1) is 14.5. The van der Waals surface area contributed by atoms with Crippen molar-refractivity contribution in [3.63, 3.8) is 0 Å². The van der Waals surface area contributed by atoms with Crippen molar-refractivity contribution in [2.45, 2.75) is 25.8 Å². The molecule has 2 aliphatic heterocycles. The van der Waals surface area contributed by atoms with Crippen molar-refractivity contribution in [1.29, 1.82) is 0 Å². The number of carbonyl (C=O) groups is 2. The third-order valence-corrected chi connectivity index (χ3v) is 6.39. The molecule has 0 spiro atoms. The molecule has 1 aromatic carbocycles. The van der Waals surface area contributed by atoms with Gasteiger partial charge in [-0.05, 0) is 31.0 Å². The maximum Gasteiger partial charge on any atom is 0.261 e. The SMILES string of the molecule is O=C(CCn1cnc2ccc(Br)cc2c1=O)N1CCN(CC(=O)N2CCCC2)CC1. The minimum atomic E-state index is -0.139. The van der Waals surface area contributed by atoms with Crippen molar-refractivity contribution in [1.82, 2.24) is 24.3 Å². The lowest BCUT2D eigenvalue weighted by molar-refractivity contribution is -0.134. The molecule has 0 atom stereocenters. The fourth-order valence-electron chi connectivity index (χ4n) is 4.08. The second kappa shape index (κ2) is 9.26. The number of amides is 2. The van der Waals surface area contributed by atoms with E-state index in [1.807, 2.05) is 15.9 Å². The van der Waals surface area contributed by atoms with E-state index in [0.717, 1.165) is 30.4 Å². The number of aromatic nitrogens is 2. The number of likely N-dealkylation sites (tertiary alicyclic amines) is 1. The summed E-state index contributed by atoms with van der Waals surface area (Å²) in [6, 6.07) is 5.40. The van der Waals surface area contributed by atoms with E-state index < -0.39 is 0 Å². The molecule has 30 heavy (non-hydrogen) atoms. The van der Waals surface area contributed by atoms with Crippen LogP contribution in [-0.4, -0.2) is 81.9 Å². The number of hydrogen-bond donors (Lipinski definition) is 0. The van der Waals surface area contributed by atoms with Crippen LogP contribution in [0.5, 0.6) is 0 Å². The first-order valence-electron chi connectivity index (χ1n) is 10.4. The molecule has 2 saturated heterocycles. The normalized spacial score (nSPS) is 17.6. The van der Waals surface area contributed by atoms with Crippen LogP contribution in [0.2, 0.25) is 0 Å². The summed E-state index contributed by atoms with van der Waals surface area (Å²) in [6.07, 6.45) is 3.96. The van der Waals surface area contributed by atoms with Crippen LogP contribution >= 0.6 is 15.9 Å². The average Bonchev–Trinajstić information content (AvgIpc) is 3.29. The van der Waals surface area contributed by atoms with Gasteiger partial charge in [-0.1, -0.05) is 15.9 Å². The van der Waals surface area contributed by atoms with Gasteiger partial charge in [0.05, 0.1) is 23.8 Å². The predicted octanol–water partition coefficient (Wildman–Crippen LogP) is 1.32. The fourth-order valence-corrected chi connectivity index (χ4v) is 4.44. The lowest BCUT2D eigenvalue weighted by Crippen LogP contribution is -2.51. The predicted molar refractivity (Wildman–Crippen MR) is 117 cm³/mol. The summed E-state index contributed by atoms with van der Waals surface area (Å²) in [5.41, 5.74) is 0.504. The zero-order valence-corrected chi connectivity index (χ0v) is 18.5. The summed E-state index contributed by atoms with van der Waals surface area (Å²) in [4.78, 5) is 47.8. The Labute approximate surface area is 183 Å².